The molecule has 0 aromatic carbocycles. The van der Waals surface area contributed by atoms with Crippen molar-refractivity contribution >= 4 is 29.3 Å². The smallest absolute Gasteiger partial charge is 0.252 e. The fraction of sp³-hybridized carbons (Fsp3) is 0.455. The van der Waals surface area contributed by atoms with Gasteiger partial charge in [0.2, 0.25) is 0 Å². The lowest BCUT2D eigenvalue weighted by Gasteiger charge is -2.21. The van der Waals surface area contributed by atoms with Gasteiger partial charge in [0.15, 0.2) is 0 Å². The molecule has 2 rings (SSSR count). The first-order valence-electron chi connectivity index (χ1n) is 5.29. The van der Waals surface area contributed by atoms with Crippen LogP contribution in [0, 0.1) is 0 Å². The lowest BCUT2D eigenvalue weighted by Crippen LogP contribution is -2.42. The zero-order valence-electron chi connectivity index (χ0n) is 9.15. The molecule has 4 nitrogen and oxygen atoms in total. The number of nitrogens with one attached hydrogen (secondary N) is 1. The van der Waals surface area contributed by atoms with E-state index < -0.39 is 5.60 Å². The van der Waals surface area contributed by atoms with Gasteiger partial charge in [0, 0.05) is 18.5 Å². The van der Waals surface area contributed by atoms with Crippen molar-refractivity contribution in [1.29, 1.82) is 0 Å². The van der Waals surface area contributed by atoms with E-state index in [1.165, 1.54) is 6.20 Å². The predicted octanol–water partition coefficient (Wildman–Crippen LogP) is 1.33. The number of hydrogen-bond acceptors (Lipinski definition) is 4. The highest BCUT2D eigenvalue weighted by Gasteiger charge is 2.31. The van der Waals surface area contributed by atoms with E-state index in [4.69, 9.17) is 11.6 Å². The molecule has 1 aromatic heterocycles. The number of aliphatic hydroxyl groups is 1. The molecule has 6 heteroatoms. The molecule has 2 heterocycles. The number of rotatable bonds is 3. The molecule has 1 saturated heterocycles. The van der Waals surface area contributed by atoms with Crippen LogP contribution in [-0.4, -0.2) is 39.6 Å². The van der Waals surface area contributed by atoms with Crippen LogP contribution in [0.25, 0.3) is 0 Å². The summed E-state index contributed by atoms with van der Waals surface area (Å²) in [6.07, 6.45) is 2.14. The van der Waals surface area contributed by atoms with Gasteiger partial charge in [-0.3, -0.25) is 4.79 Å². The molecular weight excluding hydrogens is 260 g/mol. The van der Waals surface area contributed by atoms with E-state index in [0.717, 1.165) is 12.2 Å². The molecular formula is C11H13ClN2O2S. The van der Waals surface area contributed by atoms with Crippen molar-refractivity contribution in [2.45, 2.75) is 12.0 Å². The average molecular weight is 273 g/mol. The number of nitrogens with zero attached hydrogens (tertiary/aromatic N) is 1. The Morgan fingerprint density at radius 2 is 2.47 bits per heavy atom. The van der Waals surface area contributed by atoms with Gasteiger partial charge in [-0.2, -0.15) is 11.8 Å². The number of halogens is 1. The normalized spacial score (nSPS) is 23.6. The molecule has 0 unspecified atom stereocenters. The summed E-state index contributed by atoms with van der Waals surface area (Å²) in [6, 6.07) is 3.18. The van der Waals surface area contributed by atoms with Gasteiger partial charge in [-0.15, -0.1) is 0 Å². The quantitative estimate of drug-likeness (QED) is 0.815. The molecule has 0 aliphatic carbocycles. The molecule has 1 amide bonds. The van der Waals surface area contributed by atoms with Crippen LogP contribution in [0.2, 0.25) is 5.15 Å². The second-order valence-electron chi connectivity index (χ2n) is 4.08. The molecule has 0 saturated carbocycles. The van der Waals surface area contributed by atoms with Gasteiger partial charge in [-0.1, -0.05) is 11.6 Å². The Hall–Kier alpha value is -0.780. The summed E-state index contributed by atoms with van der Waals surface area (Å²) in [5, 5.41) is 13.1. The molecule has 1 aliphatic rings. The molecule has 0 radical (unpaired) electrons. The minimum Gasteiger partial charge on any atom is -0.387 e. The minimum atomic E-state index is -0.764. The monoisotopic (exact) mass is 272 g/mol. The molecule has 1 fully saturated rings. The Morgan fingerprint density at radius 3 is 3.06 bits per heavy atom. The van der Waals surface area contributed by atoms with Gasteiger partial charge in [0.25, 0.3) is 5.91 Å². The Labute approximate surface area is 109 Å². The Morgan fingerprint density at radius 1 is 1.65 bits per heavy atom. The average Bonchev–Trinajstić information content (AvgIpc) is 2.75. The van der Waals surface area contributed by atoms with Crippen LogP contribution in [0.15, 0.2) is 18.3 Å². The van der Waals surface area contributed by atoms with Crippen molar-refractivity contribution < 1.29 is 9.90 Å². The van der Waals surface area contributed by atoms with E-state index in [2.05, 4.69) is 10.3 Å². The number of carbonyl (C=O) groups excluding carboxylic acids is 1. The summed E-state index contributed by atoms with van der Waals surface area (Å²) in [5.41, 5.74) is -0.316. The third kappa shape index (κ3) is 3.34. The molecule has 0 bridgehead atoms. The zero-order chi connectivity index (χ0) is 12.3. The van der Waals surface area contributed by atoms with Gasteiger partial charge in [0.05, 0.1) is 11.2 Å². The predicted molar refractivity (Wildman–Crippen MR) is 68.5 cm³/mol. The molecule has 92 valence electrons. The number of aromatic nitrogens is 1. The van der Waals surface area contributed by atoms with Gasteiger partial charge < -0.3 is 10.4 Å². The van der Waals surface area contributed by atoms with Gasteiger partial charge in [-0.25, -0.2) is 4.98 Å². The standard InChI is InChI=1S/C11H13ClN2O2S/c12-9-2-1-8(5-13-9)10(15)14-6-11(16)3-4-17-7-11/h1-2,5,16H,3-4,6-7H2,(H,14,15)/t11-/m0/s1. The number of carbonyl (C=O) groups is 1. The Kier molecular flexibility index (Phi) is 3.91. The first-order chi connectivity index (χ1) is 8.09. The highest BCUT2D eigenvalue weighted by molar-refractivity contribution is 7.99. The Bertz CT molecular complexity index is 404. The first-order valence-corrected chi connectivity index (χ1v) is 6.82. The maximum Gasteiger partial charge on any atom is 0.252 e. The fourth-order valence-electron chi connectivity index (χ4n) is 1.59. The van der Waals surface area contributed by atoms with Crippen LogP contribution < -0.4 is 5.32 Å². The highest BCUT2D eigenvalue weighted by atomic mass is 35.5. The van der Waals surface area contributed by atoms with Crippen molar-refractivity contribution in [2.24, 2.45) is 0 Å². The second-order valence-corrected chi connectivity index (χ2v) is 5.57. The van der Waals surface area contributed by atoms with Crippen LogP contribution in [0.1, 0.15) is 16.8 Å². The summed E-state index contributed by atoms with van der Waals surface area (Å²) >= 11 is 7.33. The third-order valence-corrected chi connectivity index (χ3v) is 4.11. The minimum absolute atomic E-state index is 0.237. The van der Waals surface area contributed by atoms with Crippen LogP contribution >= 0.6 is 23.4 Å². The lowest BCUT2D eigenvalue weighted by atomic mass is 10.0. The van der Waals surface area contributed by atoms with Crippen LogP contribution in [0.4, 0.5) is 0 Å². The van der Waals surface area contributed by atoms with Crippen molar-refractivity contribution in [2.75, 3.05) is 18.1 Å². The number of hydrogen-bond donors (Lipinski definition) is 2. The molecule has 1 atom stereocenters. The fourth-order valence-corrected chi connectivity index (χ4v) is 3.00. The lowest BCUT2D eigenvalue weighted by molar-refractivity contribution is 0.0612. The molecule has 0 spiro atoms. The maximum atomic E-state index is 11.7. The Balaban J connectivity index is 1.91. The summed E-state index contributed by atoms with van der Waals surface area (Å²) in [7, 11) is 0. The van der Waals surface area contributed by atoms with Crippen LogP contribution in [0.3, 0.4) is 0 Å². The zero-order valence-corrected chi connectivity index (χ0v) is 10.7. The highest BCUT2D eigenvalue weighted by Crippen LogP contribution is 2.26. The van der Waals surface area contributed by atoms with Crippen molar-refractivity contribution in [1.82, 2.24) is 10.3 Å². The first kappa shape index (κ1) is 12.7. The van der Waals surface area contributed by atoms with E-state index in [0.29, 0.717) is 16.5 Å². The van der Waals surface area contributed by atoms with E-state index in [1.54, 1.807) is 23.9 Å². The summed E-state index contributed by atoms with van der Waals surface area (Å²) in [4.78, 5) is 15.6. The van der Waals surface area contributed by atoms with E-state index in [1.807, 2.05) is 0 Å². The van der Waals surface area contributed by atoms with Crippen LogP contribution in [-0.2, 0) is 0 Å². The van der Waals surface area contributed by atoms with E-state index >= 15 is 0 Å². The van der Waals surface area contributed by atoms with E-state index in [-0.39, 0.29) is 12.5 Å². The topological polar surface area (TPSA) is 62.2 Å². The van der Waals surface area contributed by atoms with Crippen molar-refractivity contribution in [3.05, 3.63) is 29.0 Å². The number of amides is 1. The molecule has 1 aliphatic heterocycles. The molecule has 2 N–H and O–H groups in total. The summed E-state index contributed by atoms with van der Waals surface area (Å²) in [6.45, 7) is 0.279. The molecule has 1 aromatic rings. The SMILES string of the molecule is O=C(NC[C@@]1(O)CCSC1)c1ccc(Cl)nc1. The van der Waals surface area contributed by atoms with Crippen molar-refractivity contribution in [3.63, 3.8) is 0 Å². The third-order valence-electron chi connectivity index (χ3n) is 2.65. The summed E-state index contributed by atoms with van der Waals surface area (Å²) in [5.74, 6) is 1.38. The summed E-state index contributed by atoms with van der Waals surface area (Å²) < 4.78 is 0. The van der Waals surface area contributed by atoms with E-state index in [9.17, 15) is 9.90 Å². The molecule has 17 heavy (non-hydrogen) atoms. The largest absolute Gasteiger partial charge is 0.387 e. The maximum absolute atomic E-state index is 11.7. The van der Waals surface area contributed by atoms with Crippen LogP contribution in [0.5, 0.6) is 0 Å². The second kappa shape index (κ2) is 5.25. The van der Waals surface area contributed by atoms with Gasteiger partial charge >= 0.3 is 0 Å². The number of thioether (sulfide) groups is 1. The van der Waals surface area contributed by atoms with Gasteiger partial charge in [0.1, 0.15) is 5.15 Å². The van der Waals surface area contributed by atoms with Crippen molar-refractivity contribution in [3.8, 4) is 0 Å². The van der Waals surface area contributed by atoms with Gasteiger partial charge in [-0.05, 0) is 24.3 Å². The number of pyridine rings is 1.